The summed E-state index contributed by atoms with van der Waals surface area (Å²) in [4.78, 5) is 14.9. The van der Waals surface area contributed by atoms with Crippen molar-refractivity contribution < 1.29 is 4.79 Å². The highest BCUT2D eigenvalue weighted by Crippen LogP contribution is 2.26. The fraction of sp³-hybridized carbons (Fsp3) is 0.231. The van der Waals surface area contributed by atoms with Crippen molar-refractivity contribution in [3.63, 3.8) is 0 Å². The van der Waals surface area contributed by atoms with Crippen LogP contribution in [0.2, 0.25) is 0 Å². The van der Waals surface area contributed by atoms with Crippen molar-refractivity contribution in [2.45, 2.75) is 20.3 Å². The highest BCUT2D eigenvalue weighted by atomic mass is 32.1. The smallest absolute Gasteiger partial charge is 0.126 e. The van der Waals surface area contributed by atoms with E-state index >= 15 is 0 Å². The number of hydrogen-bond donors (Lipinski definition) is 0. The molecule has 16 heavy (non-hydrogen) atoms. The monoisotopic (exact) mass is 231 g/mol. The van der Waals surface area contributed by atoms with E-state index in [1.807, 2.05) is 5.38 Å². The largest absolute Gasteiger partial charge is 0.303 e. The molecule has 0 aliphatic carbocycles. The lowest BCUT2D eigenvalue weighted by Gasteiger charge is -2.03. The van der Waals surface area contributed by atoms with Crippen LogP contribution < -0.4 is 0 Å². The first-order valence-electron chi connectivity index (χ1n) is 5.16. The van der Waals surface area contributed by atoms with E-state index < -0.39 is 0 Å². The number of nitrogens with zero attached hydrogens (tertiary/aromatic N) is 1. The van der Waals surface area contributed by atoms with E-state index in [1.54, 1.807) is 11.3 Å². The molecule has 1 heterocycles. The topological polar surface area (TPSA) is 30.0 Å². The van der Waals surface area contributed by atoms with Crippen molar-refractivity contribution in [2.24, 2.45) is 0 Å². The third kappa shape index (κ3) is 2.19. The lowest BCUT2D eigenvalue weighted by Crippen LogP contribution is -1.87. The van der Waals surface area contributed by atoms with Gasteiger partial charge in [-0.1, -0.05) is 17.7 Å². The first-order chi connectivity index (χ1) is 7.70. The zero-order valence-corrected chi connectivity index (χ0v) is 10.2. The Morgan fingerprint density at radius 3 is 2.94 bits per heavy atom. The summed E-state index contributed by atoms with van der Waals surface area (Å²) in [5.41, 5.74) is 4.58. The zero-order chi connectivity index (χ0) is 11.5. The van der Waals surface area contributed by atoms with Crippen molar-refractivity contribution >= 4 is 17.6 Å². The van der Waals surface area contributed by atoms with E-state index in [2.05, 4.69) is 37.0 Å². The van der Waals surface area contributed by atoms with E-state index in [4.69, 9.17) is 0 Å². The molecule has 2 aromatic rings. The zero-order valence-electron chi connectivity index (χ0n) is 9.36. The number of hydrogen-bond acceptors (Lipinski definition) is 3. The van der Waals surface area contributed by atoms with Gasteiger partial charge in [-0.2, -0.15) is 0 Å². The van der Waals surface area contributed by atoms with E-state index in [1.165, 1.54) is 11.1 Å². The van der Waals surface area contributed by atoms with Gasteiger partial charge >= 0.3 is 0 Å². The van der Waals surface area contributed by atoms with Crippen LogP contribution in [0.25, 0.3) is 11.3 Å². The number of benzene rings is 1. The number of aldehydes is 1. The summed E-state index contributed by atoms with van der Waals surface area (Å²) in [6.45, 7) is 4.15. The van der Waals surface area contributed by atoms with Crippen molar-refractivity contribution in [1.29, 1.82) is 0 Å². The quantitative estimate of drug-likeness (QED) is 0.759. The van der Waals surface area contributed by atoms with E-state index in [0.29, 0.717) is 6.42 Å². The van der Waals surface area contributed by atoms with Gasteiger partial charge in [-0.25, -0.2) is 4.98 Å². The lowest BCUT2D eigenvalue weighted by atomic mass is 10.0. The van der Waals surface area contributed by atoms with Gasteiger partial charge in [0.25, 0.3) is 0 Å². The van der Waals surface area contributed by atoms with Gasteiger partial charge in [0.1, 0.15) is 11.3 Å². The minimum Gasteiger partial charge on any atom is -0.303 e. The Bertz CT molecular complexity index is 516. The van der Waals surface area contributed by atoms with Gasteiger partial charge in [-0.05, 0) is 25.5 Å². The van der Waals surface area contributed by atoms with Crippen LogP contribution in [0, 0.1) is 13.8 Å². The van der Waals surface area contributed by atoms with Crippen LogP contribution in [-0.4, -0.2) is 11.3 Å². The maximum Gasteiger partial charge on any atom is 0.126 e. The molecule has 0 spiro atoms. The Balaban J connectivity index is 2.41. The second-order valence-corrected chi connectivity index (χ2v) is 4.76. The molecule has 0 fully saturated rings. The SMILES string of the molecule is Cc1ccc(C)c(-c2csc(CC=O)n2)c1. The van der Waals surface area contributed by atoms with E-state index in [-0.39, 0.29) is 0 Å². The van der Waals surface area contributed by atoms with Crippen LogP contribution in [0.4, 0.5) is 0 Å². The third-order valence-electron chi connectivity index (χ3n) is 2.48. The molecule has 0 atom stereocenters. The first-order valence-corrected chi connectivity index (χ1v) is 6.04. The second kappa shape index (κ2) is 4.58. The van der Waals surface area contributed by atoms with Crippen LogP contribution >= 0.6 is 11.3 Å². The van der Waals surface area contributed by atoms with Crippen molar-refractivity contribution in [3.05, 3.63) is 39.7 Å². The van der Waals surface area contributed by atoms with Crippen LogP contribution in [-0.2, 0) is 11.2 Å². The van der Waals surface area contributed by atoms with Crippen molar-refractivity contribution in [2.75, 3.05) is 0 Å². The highest BCUT2D eigenvalue weighted by Gasteiger charge is 2.06. The average molecular weight is 231 g/mol. The van der Waals surface area contributed by atoms with Crippen LogP contribution in [0.5, 0.6) is 0 Å². The summed E-state index contributed by atoms with van der Waals surface area (Å²) >= 11 is 1.54. The molecule has 0 saturated heterocycles. The van der Waals surface area contributed by atoms with Gasteiger partial charge in [-0.15, -0.1) is 11.3 Å². The molecule has 0 amide bonds. The Morgan fingerprint density at radius 1 is 1.38 bits per heavy atom. The molecule has 2 rings (SSSR count). The molecule has 0 bridgehead atoms. The van der Waals surface area contributed by atoms with Crippen LogP contribution in [0.15, 0.2) is 23.6 Å². The minimum atomic E-state index is 0.412. The fourth-order valence-electron chi connectivity index (χ4n) is 1.61. The summed E-state index contributed by atoms with van der Waals surface area (Å²) in [6, 6.07) is 6.33. The normalized spacial score (nSPS) is 10.4. The lowest BCUT2D eigenvalue weighted by molar-refractivity contribution is -0.107. The predicted molar refractivity (Wildman–Crippen MR) is 66.8 cm³/mol. The van der Waals surface area contributed by atoms with Gasteiger partial charge in [0.05, 0.1) is 12.1 Å². The van der Waals surface area contributed by atoms with Gasteiger partial charge in [0, 0.05) is 10.9 Å². The predicted octanol–water partition coefficient (Wildman–Crippen LogP) is 3.17. The standard InChI is InChI=1S/C13H13NOS/c1-9-3-4-10(2)11(7-9)12-8-16-13(14-12)5-6-15/h3-4,6-8H,5H2,1-2H3. The Morgan fingerprint density at radius 2 is 2.19 bits per heavy atom. The van der Waals surface area contributed by atoms with Gasteiger partial charge < -0.3 is 4.79 Å². The minimum absolute atomic E-state index is 0.412. The van der Waals surface area contributed by atoms with Gasteiger partial charge in [0.15, 0.2) is 0 Å². The third-order valence-corrected chi connectivity index (χ3v) is 3.35. The number of rotatable bonds is 3. The first kappa shape index (κ1) is 11.0. The molecule has 0 N–H and O–H groups in total. The second-order valence-electron chi connectivity index (χ2n) is 3.82. The molecule has 3 heteroatoms. The number of thiazole rings is 1. The summed E-state index contributed by atoms with van der Waals surface area (Å²) in [6.07, 6.45) is 1.31. The number of aromatic nitrogens is 1. The molecule has 82 valence electrons. The number of carbonyl (C=O) groups excluding carboxylic acids is 1. The molecular formula is C13H13NOS. The Labute approximate surface area is 99.0 Å². The molecule has 0 unspecified atom stereocenters. The summed E-state index contributed by atoms with van der Waals surface area (Å²) in [5.74, 6) is 0. The Kier molecular flexibility index (Phi) is 3.15. The van der Waals surface area contributed by atoms with Crippen molar-refractivity contribution in [3.8, 4) is 11.3 Å². The van der Waals surface area contributed by atoms with Crippen LogP contribution in [0.3, 0.4) is 0 Å². The molecular weight excluding hydrogens is 218 g/mol. The highest BCUT2D eigenvalue weighted by molar-refractivity contribution is 7.10. The molecule has 2 nitrogen and oxygen atoms in total. The summed E-state index contributed by atoms with van der Waals surface area (Å²) in [7, 11) is 0. The average Bonchev–Trinajstić information content (AvgIpc) is 2.71. The van der Waals surface area contributed by atoms with Crippen molar-refractivity contribution in [1.82, 2.24) is 4.98 Å². The van der Waals surface area contributed by atoms with E-state index in [9.17, 15) is 4.79 Å². The molecule has 0 saturated carbocycles. The number of carbonyl (C=O) groups is 1. The van der Waals surface area contributed by atoms with Crippen LogP contribution in [0.1, 0.15) is 16.1 Å². The molecule has 0 radical (unpaired) electrons. The number of aryl methyl sites for hydroxylation is 2. The Hall–Kier alpha value is -1.48. The fourth-order valence-corrected chi connectivity index (χ4v) is 2.35. The van der Waals surface area contributed by atoms with Gasteiger partial charge in [0.2, 0.25) is 0 Å². The molecule has 0 aliphatic rings. The maximum atomic E-state index is 10.4. The molecule has 0 aliphatic heterocycles. The maximum absolute atomic E-state index is 10.4. The molecule has 1 aromatic carbocycles. The molecule has 1 aromatic heterocycles. The summed E-state index contributed by atoms with van der Waals surface area (Å²) < 4.78 is 0. The summed E-state index contributed by atoms with van der Waals surface area (Å²) in [5, 5.41) is 2.89. The van der Waals surface area contributed by atoms with Gasteiger partial charge in [-0.3, -0.25) is 0 Å². The van der Waals surface area contributed by atoms with E-state index in [0.717, 1.165) is 22.6 Å².